The minimum atomic E-state index is 0.630. The van der Waals surface area contributed by atoms with Crippen molar-refractivity contribution in [3.8, 4) is 0 Å². The van der Waals surface area contributed by atoms with Crippen LogP contribution < -0.4 is 10.6 Å². The summed E-state index contributed by atoms with van der Waals surface area (Å²) in [6.45, 7) is 4.40. The van der Waals surface area contributed by atoms with E-state index >= 15 is 0 Å². The van der Waals surface area contributed by atoms with Crippen molar-refractivity contribution in [2.45, 2.75) is 37.9 Å². The van der Waals surface area contributed by atoms with Gasteiger partial charge in [-0.05, 0) is 42.4 Å². The summed E-state index contributed by atoms with van der Waals surface area (Å²) in [6, 6.07) is 17.1. The summed E-state index contributed by atoms with van der Waals surface area (Å²) in [6.07, 6.45) is 6.99. The quantitative estimate of drug-likeness (QED) is 0.336. The Morgan fingerprint density at radius 2 is 1.90 bits per heavy atom. The fraction of sp³-hybridized carbons (Fsp3) is 0.304. The summed E-state index contributed by atoms with van der Waals surface area (Å²) in [4.78, 5) is 10.1. The number of imidazole rings is 1. The summed E-state index contributed by atoms with van der Waals surface area (Å²) >= 11 is 1.77. The van der Waals surface area contributed by atoms with Gasteiger partial charge in [0, 0.05) is 37.4 Å². The van der Waals surface area contributed by atoms with Crippen LogP contribution in [0.4, 0.5) is 0 Å². The lowest BCUT2D eigenvalue weighted by Crippen LogP contribution is -2.37. The molecule has 0 aliphatic carbocycles. The van der Waals surface area contributed by atoms with Crippen molar-refractivity contribution in [3.05, 3.63) is 83.4 Å². The van der Waals surface area contributed by atoms with Crippen molar-refractivity contribution in [2.75, 3.05) is 13.3 Å². The molecule has 0 radical (unpaired) electrons. The summed E-state index contributed by atoms with van der Waals surface area (Å²) in [5, 5.41) is 6.79. The number of rotatable bonds is 8. The van der Waals surface area contributed by atoms with E-state index in [0.29, 0.717) is 6.54 Å². The van der Waals surface area contributed by atoms with Crippen LogP contribution in [0.25, 0.3) is 0 Å². The second-order valence-corrected chi connectivity index (χ2v) is 7.72. The van der Waals surface area contributed by atoms with E-state index in [0.717, 1.165) is 31.3 Å². The Hall–Kier alpha value is -2.73. The highest BCUT2D eigenvalue weighted by Gasteiger charge is 2.07. The molecule has 1 aromatic heterocycles. The Morgan fingerprint density at radius 3 is 2.66 bits per heavy atom. The number of thioether (sulfide) groups is 1. The monoisotopic (exact) mass is 407 g/mol. The second kappa shape index (κ2) is 10.7. The number of hydrogen-bond donors (Lipinski definition) is 2. The van der Waals surface area contributed by atoms with Gasteiger partial charge in [0.1, 0.15) is 5.82 Å². The first-order valence-corrected chi connectivity index (χ1v) is 11.0. The van der Waals surface area contributed by atoms with Gasteiger partial charge in [-0.25, -0.2) is 4.98 Å². The number of aryl methyl sites for hydroxylation is 3. The SMILES string of the molecule is CN=C(NCc1ccc(C)cc1SC)NCc1nccn1CCc1ccccc1. The first-order valence-electron chi connectivity index (χ1n) is 9.81. The van der Waals surface area contributed by atoms with E-state index in [9.17, 15) is 0 Å². The third-order valence-corrected chi connectivity index (χ3v) is 5.63. The average Bonchev–Trinajstić information content (AvgIpc) is 3.21. The molecule has 0 amide bonds. The van der Waals surface area contributed by atoms with Crippen LogP contribution in [0.15, 0.2) is 70.8 Å². The van der Waals surface area contributed by atoms with Gasteiger partial charge in [-0.1, -0.05) is 42.5 Å². The van der Waals surface area contributed by atoms with Crippen molar-refractivity contribution < 1.29 is 0 Å². The molecule has 0 atom stereocenters. The van der Waals surface area contributed by atoms with Crippen LogP contribution in [0.1, 0.15) is 22.5 Å². The topological polar surface area (TPSA) is 54.2 Å². The molecule has 0 spiro atoms. The molecule has 3 aromatic rings. The van der Waals surface area contributed by atoms with E-state index in [-0.39, 0.29) is 0 Å². The number of aromatic nitrogens is 2. The summed E-state index contributed by atoms with van der Waals surface area (Å²) < 4.78 is 2.19. The maximum absolute atomic E-state index is 4.50. The molecule has 29 heavy (non-hydrogen) atoms. The average molecular weight is 408 g/mol. The fourth-order valence-corrected chi connectivity index (χ4v) is 3.87. The molecule has 152 valence electrons. The fourth-order valence-electron chi connectivity index (χ4n) is 3.17. The molecule has 2 aromatic carbocycles. The van der Waals surface area contributed by atoms with Crippen molar-refractivity contribution in [3.63, 3.8) is 0 Å². The normalized spacial score (nSPS) is 11.5. The van der Waals surface area contributed by atoms with Crippen molar-refractivity contribution in [2.24, 2.45) is 4.99 Å². The van der Waals surface area contributed by atoms with E-state index in [1.807, 2.05) is 18.5 Å². The molecular weight excluding hydrogens is 378 g/mol. The smallest absolute Gasteiger partial charge is 0.191 e. The van der Waals surface area contributed by atoms with Gasteiger partial charge in [-0.2, -0.15) is 0 Å². The predicted octanol–water partition coefficient (Wildman–Crippen LogP) is 4.02. The summed E-state index contributed by atoms with van der Waals surface area (Å²) in [5.41, 5.74) is 3.89. The molecule has 5 nitrogen and oxygen atoms in total. The molecular formula is C23H29N5S. The van der Waals surface area contributed by atoms with E-state index in [4.69, 9.17) is 0 Å². The zero-order chi connectivity index (χ0) is 20.5. The first kappa shape index (κ1) is 21.0. The Labute approximate surface area is 177 Å². The van der Waals surface area contributed by atoms with Crippen LogP contribution in [0.3, 0.4) is 0 Å². The molecule has 0 unspecified atom stereocenters. The number of guanidine groups is 1. The van der Waals surface area contributed by atoms with E-state index in [1.165, 1.54) is 21.6 Å². The second-order valence-electron chi connectivity index (χ2n) is 6.87. The van der Waals surface area contributed by atoms with E-state index in [1.54, 1.807) is 18.8 Å². The molecule has 1 heterocycles. The van der Waals surface area contributed by atoms with Gasteiger partial charge >= 0.3 is 0 Å². The molecule has 0 aliphatic heterocycles. The Kier molecular flexibility index (Phi) is 7.76. The predicted molar refractivity (Wildman–Crippen MR) is 122 cm³/mol. The lowest BCUT2D eigenvalue weighted by molar-refractivity contribution is 0.634. The minimum absolute atomic E-state index is 0.630. The molecule has 0 fully saturated rings. The van der Waals surface area contributed by atoms with Crippen LogP contribution in [0.2, 0.25) is 0 Å². The number of aliphatic imine (C=N–C) groups is 1. The number of nitrogens with one attached hydrogen (secondary N) is 2. The van der Waals surface area contributed by atoms with Gasteiger partial charge in [-0.15, -0.1) is 11.8 Å². The van der Waals surface area contributed by atoms with Gasteiger partial charge in [-0.3, -0.25) is 4.99 Å². The van der Waals surface area contributed by atoms with Crippen molar-refractivity contribution >= 4 is 17.7 Å². The lowest BCUT2D eigenvalue weighted by atomic mass is 10.1. The molecule has 0 aliphatic rings. The van der Waals surface area contributed by atoms with Gasteiger partial charge in [0.15, 0.2) is 5.96 Å². The minimum Gasteiger partial charge on any atom is -0.352 e. The third-order valence-electron chi connectivity index (χ3n) is 4.81. The van der Waals surface area contributed by atoms with Gasteiger partial charge < -0.3 is 15.2 Å². The highest BCUT2D eigenvalue weighted by atomic mass is 32.2. The van der Waals surface area contributed by atoms with E-state index < -0.39 is 0 Å². The lowest BCUT2D eigenvalue weighted by Gasteiger charge is -2.14. The molecule has 2 N–H and O–H groups in total. The van der Waals surface area contributed by atoms with Crippen molar-refractivity contribution in [1.29, 1.82) is 0 Å². The summed E-state index contributed by atoms with van der Waals surface area (Å²) in [5.74, 6) is 1.78. The van der Waals surface area contributed by atoms with Crippen LogP contribution in [0.5, 0.6) is 0 Å². The van der Waals surface area contributed by atoms with Crippen LogP contribution >= 0.6 is 11.8 Å². The first-order chi connectivity index (χ1) is 14.2. The van der Waals surface area contributed by atoms with Gasteiger partial charge in [0.25, 0.3) is 0 Å². The molecule has 3 rings (SSSR count). The van der Waals surface area contributed by atoms with Crippen LogP contribution in [0, 0.1) is 6.92 Å². The number of nitrogens with zero attached hydrogens (tertiary/aromatic N) is 3. The number of hydrogen-bond acceptors (Lipinski definition) is 3. The van der Waals surface area contributed by atoms with Gasteiger partial charge in [0.05, 0.1) is 6.54 Å². The maximum Gasteiger partial charge on any atom is 0.191 e. The number of benzene rings is 2. The molecule has 0 bridgehead atoms. The van der Waals surface area contributed by atoms with Crippen LogP contribution in [-0.2, 0) is 26.1 Å². The third kappa shape index (κ3) is 6.12. The summed E-state index contributed by atoms with van der Waals surface area (Å²) in [7, 11) is 1.79. The zero-order valence-corrected chi connectivity index (χ0v) is 18.2. The Bertz CT molecular complexity index is 933. The standard InChI is InChI=1S/C23H29N5S/c1-18-9-10-20(21(15-18)29-3)16-26-23(24-2)27-17-22-25-12-14-28(22)13-11-19-7-5-4-6-8-19/h4-10,12,14-15H,11,13,16-17H2,1-3H3,(H2,24,26,27). The molecule has 0 saturated heterocycles. The molecule has 6 heteroatoms. The maximum atomic E-state index is 4.50. The Balaban J connectivity index is 1.53. The Morgan fingerprint density at radius 1 is 1.10 bits per heavy atom. The highest BCUT2D eigenvalue weighted by Crippen LogP contribution is 2.21. The van der Waals surface area contributed by atoms with E-state index in [2.05, 4.69) is 80.8 Å². The molecule has 0 saturated carbocycles. The van der Waals surface area contributed by atoms with Crippen molar-refractivity contribution in [1.82, 2.24) is 20.2 Å². The van der Waals surface area contributed by atoms with Gasteiger partial charge in [0.2, 0.25) is 0 Å². The van der Waals surface area contributed by atoms with Crippen LogP contribution in [-0.4, -0.2) is 28.8 Å². The highest BCUT2D eigenvalue weighted by molar-refractivity contribution is 7.98. The largest absolute Gasteiger partial charge is 0.352 e. The zero-order valence-electron chi connectivity index (χ0n) is 17.4.